The zero-order chi connectivity index (χ0) is 28.5. The second-order valence-electron chi connectivity index (χ2n) is 10.6. The van der Waals surface area contributed by atoms with Gasteiger partial charge in [0.2, 0.25) is 5.91 Å². The van der Waals surface area contributed by atoms with Crippen molar-refractivity contribution < 1.29 is 23.9 Å². The van der Waals surface area contributed by atoms with Crippen LogP contribution in [0.3, 0.4) is 0 Å². The minimum atomic E-state index is -0.881. The van der Waals surface area contributed by atoms with Gasteiger partial charge in [-0.3, -0.25) is 9.59 Å². The Labute approximate surface area is 234 Å². The highest BCUT2D eigenvalue weighted by molar-refractivity contribution is 5.97. The van der Waals surface area contributed by atoms with E-state index in [0.717, 1.165) is 27.5 Å². The van der Waals surface area contributed by atoms with Crippen molar-refractivity contribution in [1.82, 2.24) is 5.32 Å². The fourth-order valence-electron chi connectivity index (χ4n) is 4.24. The summed E-state index contributed by atoms with van der Waals surface area (Å²) in [7, 11) is 0. The van der Waals surface area contributed by atoms with Gasteiger partial charge in [0.15, 0.2) is 0 Å². The lowest BCUT2D eigenvalue weighted by Gasteiger charge is -2.24. The second kappa shape index (κ2) is 12.9. The number of hydrogen-bond donors (Lipinski definition) is 2. The van der Waals surface area contributed by atoms with Crippen molar-refractivity contribution in [1.29, 1.82) is 0 Å². The van der Waals surface area contributed by atoms with Crippen LogP contribution in [0.4, 0.5) is 10.5 Å². The zero-order valence-electron chi connectivity index (χ0n) is 23.0. The Kier molecular flexibility index (Phi) is 9.17. The molecule has 4 aromatic rings. The van der Waals surface area contributed by atoms with Gasteiger partial charge in [-0.15, -0.1) is 0 Å². The Balaban J connectivity index is 1.42. The van der Waals surface area contributed by atoms with Crippen LogP contribution in [0.5, 0.6) is 0 Å². The van der Waals surface area contributed by atoms with E-state index in [-0.39, 0.29) is 31.3 Å². The molecule has 0 heterocycles. The van der Waals surface area contributed by atoms with E-state index in [4.69, 9.17) is 9.47 Å². The molecule has 4 aromatic carbocycles. The average molecular weight is 539 g/mol. The van der Waals surface area contributed by atoms with Gasteiger partial charge in [-0.2, -0.15) is 0 Å². The van der Waals surface area contributed by atoms with Crippen molar-refractivity contribution in [2.75, 3.05) is 5.32 Å². The average Bonchev–Trinajstić information content (AvgIpc) is 2.92. The molecule has 0 spiro atoms. The van der Waals surface area contributed by atoms with Crippen LogP contribution in [0.2, 0.25) is 0 Å². The number of ether oxygens (including phenoxy) is 2. The smallest absolute Gasteiger partial charge is 0.408 e. The monoisotopic (exact) mass is 538 g/mol. The molecule has 0 aromatic heterocycles. The maximum atomic E-state index is 13.4. The van der Waals surface area contributed by atoms with Crippen LogP contribution < -0.4 is 10.6 Å². The Morgan fingerprint density at radius 1 is 0.775 bits per heavy atom. The van der Waals surface area contributed by atoms with Crippen molar-refractivity contribution in [2.45, 2.75) is 51.9 Å². The lowest BCUT2D eigenvalue weighted by molar-refractivity contribution is -0.144. The molecule has 0 aliphatic rings. The SMILES string of the molecule is CC(C)(C)OC(=O)N[C@@H](Cc1cccc2ccccc12)C(=O)Nc1ccc(CC(=O)OCc2ccccc2)cc1. The Morgan fingerprint density at radius 3 is 2.17 bits per heavy atom. The standard InChI is InChI=1S/C33H34N2O5/c1-33(2,3)40-32(38)35-29(21-26-14-9-13-25-12-7-8-15-28(25)26)31(37)34-27-18-16-23(17-19-27)20-30(36)39-22-24-10-5-4-6-11-24/h4-19,29H,20-22H2,1-3H3,(H,34,37)(H,35,38)/t29-/m0/s1. The minimum Gasteiger partial charge on any atom is -0.461 e. The van der Waals surface area contributed by atoms with E-state index in [0.29, 0.717) is 5.69 Å². The van der Waals surface area contributed by atoms with Gasteiger partial charge in [-0.1, -0.05) is 84.9 Å². The van der Waals surface area contributed by atoms with Gasteiger partial charge in [-0.25, -0.2) is 4.79 Å². The van der Waals surface area contributed by atoms with E-state index in [1.54, 1.807) is 45.0 Å². The molecule has 40 heavy (non-hydrogen) atoms. The molecule has 206 valence electrons. The van der Waals surface area contributed by atoms with Crippen molar-refractivity contribution in [2.24, 2.45) is 0 Å². The Bertz CT molecular complexity index is 1450. The topological polar surface area (TPSA) is 93.7 Å². The third-order valence-corrected chi connectivity index (χ3v) is 6.12. The lowest BCUT2D eigenvalue weighted by Crippen LogP contribution is -2.47. The highest BCUT2D eigenvalue weighted by Gasteiger charge is 2.25. The van der Waals surface area contributed by atoms with Gasteiger partial charge in [0.25, 0.3) is 0 Å². The Morgan fingerprint density at radius 2 is 1.45 bits per heavy atom. The fourth-order valence-corrected chi connectivity index (χ4v) is 4.24. The maximum Gasteiger partial charge on any atom is 0.408 e. The third-order valence-electron chi connectivity index (χ3n) is 6.12. The van der Waals surface area contributed by atoms with Crippen LogP contribution >= 0.6 is 0 Å². The maximum absolute atomic E-state index is 13.4. The van der Waals surface area contributed by atoms with E-state index >= 15 is 0 Å². The fraction of sp³-hybridized carbons (Fsp3) is 0.242. The molecule has 4 rings (SSSR count). The second-order valence-corrected chi connectivity index (χ2v) is 10.6. The predicted molar refractivity (Wildman–Crippen MR) is 156 cm³/mol. The highest BCUT2D eigenvalue weighted by Crippen LogP contribution is 2.21. The van der Waals surface area contributed by atoms with Crippen molar-refractivity contribution in [3.63, 3.8) is 0 Å². The van der Waals surface area contributed by atoms with Crippen LogP contribution in [0, 0.1) is 0 Å². The molecule has 0 saturated heterocycles. The van der Waals surface area contributed by atoms with E-state index in [9.17, 15) is 14.4 Å². The first-order valence-corrected chi connectivity index (χ1v) is 13.2. The first-order chi connectivity index (χ1) is 19.2. The number of rotatable bonds is 9. The quantitative estimate of drug-likeness (QED) is 0.248. The molecule has 1 atom stereocenters. The molecular formula is C33H34N2O5. The van der Waals surface area contributed by atoms with Gasteiger partial charge < -0.3 is 20.1 Å². The lowest BCUT2D eigenvalue weighted by atomic mass is 9.98. The van der Waals surface area contributed by atoms with Crippen LogP contribution in [0.15, 0.2) is 97.1 Å². The van der Waals surface area contributed by atoms with E-state index in [2.05, 4.69) is 10.6 Å². The number of amides is 2. The molecule has 2 N–H and O–H groups in total. The van der Waals surface area contributed by atoms with Gasteiger partial charge in [-0.05, 0) is 60.4 Å². The van der Waals surface area contributed by atoms with Crippen LogP contribution in [0.1, 0.15) is 37.5 Å². The molecule has 0 aliphatic carbocycles. The molecule has 7 nitrogen and oxygen atoms in total. The molecular weight excluding hydrogens is 504 g/mol. The summed E-state index contributed by atoms with van der Waals surface area (Å²) in [5.41, 5.74) is 2.45. The van der Waals surface area contributed by atoms with Crippen LogP contribution in [-0.2, 0) is 38.5 Å². The first kappa shape index (κ1) is 28.4. The molecule has 2 amide bonds. The number of benzene rings is 4. The number of anilines is 1. The van der Waals surface area contributed by atoms with E-state index < -0.39 is 17.7 Å². The molecule has 0 unspecified atom stereocenters. The summed E-state index contributed by atoms with van der Waals surface area (Å²) in [5, 5.41) is 7.68. The van der Waals surface area contributed by atoms with Crippen LogP contribution in [0.25, 0.3) is 10.8 Å². The number of carbonyl (C=O) groups is 3. The summed E-state index contributed by atoms with van der Waals surface area (Å²) in [5.74, 6) is -0.717. The molecule has 7 heteroatoms. The summed E-state index contributed by atoms with van der Waals surface area (Å²) in [6.07, 6.45) is -0.278. The van der Waals surface area contributed by atoms with Gasteiger partial charge in [0.1, 0.15) is 18.2 Å². The zero-order valence-corrected chi connectivity index (χ0v) is 23.0. The van der Waals surface area contributed by atoms with Gasteiger partial charge in [0.05, 0.1) is 6.42 Å². The van der Waals surface area contributed by atoms with E-state index in [1.165, 1.54) is 0 Å². The van der Waals surface area contributed by atoms with Crippen molar-refractivity contribution in [3.8, 4) is 0 Å². The number of esters is 1. The normalized spacial score (nSPS) is 11.9. The van der Waals surface area contributed by atoms with Gasteiger partial charge in [0, 0.05) is 12.1 Å². The van der Waals surface area contributed by atoms with Crippen molar-refractivity contribution >= 4 is 34.4 Å². The minimum absolute atomic E-state index is 0.116. The van der Waals surface area contributed by atoms with Crippen LogP contribution in [-0.4, -0.2) is 29.6 Å². The number of nitrogens with one attached hydrogen (secondary N) is 2. The number of carbonyl (C=O) groups excluding carboxylic acids is 3. The molecule has 0 saturated carbocycles. The Hall–Kier alpha value is -4.65. The number of fused-ring (bicyclic) bond motifs is 1. The third kappa shape index (κ3) is 8.43. The summed E-state index contributed by atoms with van der Waals surface area (Å²) < 4.78 is 10.8. The number of hydrogen-bond acceptors (Lipinski definition) is 5. The summed E-state index contributed by atoms with van der Waals surface area (Å²) in [4.78, 5) is 38.3. The summed E-state index contributed by atoms with van der Waals surface area (Å²) >= 11 is 0. The molecule has 0 radical (unpaired) electrons. The molecule has 0 bridgehead atoms. The predicted octanol–water partition coefficient (Wildman–Crippen LogP) is 6.20. The first-order valence-electron chi connectivity index (χ1n) is 13.2. The highest BCUT2D eigenvalue weighted by atomic mass is 16.6. The number of alkyl carbamates (subject to hydrolysis) is 1. The van der Waals surface area contributed by atoms with Crippen molar-refractivity contribution in [3.05, 3.63) is 114 Å². The summed E-state index contributed by atoms with van der Waals surface area (Å²) in [6, 6.07) is 29.4. The van der Waals surface area contributed by atoms with Gasteiger partial charge >= 0.3 is 12.1 Å². The molecule has 0 fully saturated rings. The largest absolute Gasteiger partial charge is 0.461 e. The summed E-state index contributed by atoms with van der Waals surface area (Å²) in [6.45, 7) is 5.53. The van der Waals surface area contributed by atoms with E-state index in [1.807, 2.05) is 72.8 Å². The molecule has 0 aliphatic heterocycles.